The Balaban J connectivity index is 0.000000186. The molecule has 2 fully saturated rings. The Kier molecular flexibility index (Phi) is 7.80. The minimum absolute atomic E-state index is 0.143. The van der Waals surface area contributed by atoms with Crippen molar-refractivity contribution in [3.63, 3.8) is 0 Å². The van der Waals surface area contributed by atoms with E-state index in [4.69, 9.17) is 0 Å². The van der Waals surface area contributed by atoms with Crippen molar-refractivity contribution >= 4 is 23.6 Å². The van der Waals surface area contributed by atoms with Crippen LogP contribution in [-0.4, -0.2) is 47.5 Å². The van der Waals surface area contributed by atoms with Gasteiger partial charge < -0.3 is 0 Å². The van der Waals surface area contributed by atoms with Crippen LogP contribution in [0.2, 0.25) is 0 Å². The van der Waals surface area contributed by atoms with E-state index in [0.29, 0.717) is 17.5 Å². The zero-order valence-electron chi connectivity index (χ0n) is 23.4. The van der Waals surface area contributed by atoms with E-state index in [1.165, 1.54) is 25.1 Å². The highest BCUT2D eigenvalue weighted by atomic mass is 19.4. The Morgan fingerprint density at radius 1 is 0.750 bits per heavy atom. The molecule has 6 nitrogen and oxygen atoms in total. The fraction of sp³-hybridized carbons (Fsp3) is 0.419. The van der Waals surface area contributed by atoms with Gasteiger partial charge in [-0.2, -0.15) is 13.2 Å². The smallest absolute Gasteiger partial charge is 0.285 e. The molecule has 5 rings (SSSR count). The lowest BCUT2D eigenvalue weighted by Gasteiger charge is -2.29. The number of carbonyl (C=O) groups excluding carboxylic acids is 4. The monoisotopic (exact) mass is 554 g/mol. The van der Waals surface area contributed by atoms with Crippen LogP contribution >= 0.6 is 0 Å². The molecule has 2 saturated heterocycles. The van der Waals surface area contributed by atoms with Crippen molar-refractivity contribution in [1.82, 2.24) is 9.80 Å². The van der Waals surface area contributed by atoms with Gasteiger partial charge in [-0.05, 0) is 62.8 Å². The van der Waals surface area contributed by atoms with E-state index in [-0.39, 0.29) is 53.4 Å². The summed E-state index contributed by atoms with van der Waals surface area (Å²) in [6, 6.07) is 9.95. The summed E-state index contributed by atoms with van der Waals surface area (Å²) in [5.41, 5.74) is 3.67. The molecule has 0 spiro atoms. The van der Waals surface area contributed by atoms with Gasteiger partial charge in [0.15, 0.2) is 0 Å². The normalized spacial score (nSPS) is 24.7. The molecule has 1 aliphatic carbocycles. The third-order valence-electron chi connectivity index (χ3n) is 8.23. The van der Waals surface area contributed by atoms with E-state index in [2.05, 4.69) is 0 Å². The number of carbonyl (C=O) groups is 4. The van der Waals surface area contributed by atoms with Gasteiger partial charge in [0.2, 0.25) is 23.6 Å². The van der Waals surface area contributed by atoms with E-state index in [1.807, 2.05) is 39.0 Å². The molecule has 2 heterocycles. The number of likely N-dealkylation sites (tertiary alicyclic amines) is 2. The summed E-state index contributed by atoms with van der Waals surface area (Å²) in [7, 11) is 2.99. The number of allylic oxidation sites excluding steroid dienone is 1. The lowest BCUT2D eigenvalue weighted by Crippen LogP contribution is -2.33. The first-order valence-electron chi connectivity index (χ1n) is 13.2. The Bertz CT molecular complexity index is 1430. The molecule has 2 aliphatic heterocycles. The third kappa shape index (κ3) is 5.33. The molecule has 0 N–H and O–H groups in total. The molecular formula is C31H33F3N2O4. The highest BCUT2D eigenvalue weighted by Crippen LogP contribution is 2.44. The maximum absolute atomic E-state index is 13.1. The minimum atomic E-state index is -4.33. The predicted octanol–water partition coefficient (Wildman–Crippen LogP) is 5.49. The molecule has 2 aromatic carbocycles. The highest BCUT2D eigenvalue weighted by molar-refractivity contribution is 6.07. The average Bonchev–Trinajstić information content (AvgIpc) is 3.26. The van der Waals surface area contributed by atoms with E-state index in [1.54, 1.807) is 25.1 Å². The van der Waals surface area contributed by atoms with Crippen molar-refractivity contribution in [2.24, 2.45) is 23.7 Å². The second kappa shape index (κ2) is 10.7. The number of halogens is 3. The predicted molar refractivity (Wildman–Crippen MR) is 144 cm³/mol. The summed E-state index contributed by atoms with van der Waals surface area (Å²) in [6.45, 7) is 7.26. The summed E-state index contributed by atoms with van der Waals surface area (Å²) in [5, 5.41) is 0. The van der Waals surface area contributed by atoms with Crippen molar-refractivity contribution in [2.45, 2.75) is 46.7 Å². The first-order chi connectivity index (χ1) is 18.6. The largest absolute Gasteiger partial charge is 0.417 e. The van der Waals surface area contributed by atoms with E-state index < -0.39 is 17.7 Å². The quantitative estimate of drug-likeness (QED) is 0.364. The van der Waals surface area contributed by atoms with Crippen molar-refractivity contribution in [3.8, 4) is 11.1 Å². The fourth-order valence-electron chi connectivity index (χ4n) is 6.07. The molecule has 40 heavy (non-hydrogen) atoms. The van der Waals surface area contributed by atoms with Crippen LogP contribution in [0.25, 0.3) is 11.1 Å². The fourth-order valence-corrected chi connectivity index (χ4v) is 6.07. The molecule has 2 aromatic rings. The topological polar surface area (TPSA) is 74.8 Å². The number of alkyl halides is 3. The summed E-state index contributed by atoms with van der Waals surface area (Å²) >= 11 is 0. The van der Waals surface area contributed by atoms with Gasteiger partial charge in [-0.1, -0.05) is 53.1 Å². The Morgan fingerprint density at radius 3 is 1.88 bits per heavy atom. The number of aryl methyl sites for hydroxylation is 3. The number of hydrogen-bond acceptors (Lipinski definition) is 4. The zero-order valence-corrected chi connectivity index (χ0v) is 23.4. The number of rotatable bonds is 2. The number of hydrogen-bond donors (Lipinski definition) is 0. The van der Waals surface area contributed by atoms with Gasteiger partial charge in [0.05, 0.1) is 23.3 Å². The lowest BCUT2D eigenvalue weighted by molar-refractivity contribution is -0.140. The molecule has 0 bridgehead atoms. The molecule has 4 amide bonds. The van der Waals surface area contributed by atoms with E-state index in [9.17, 15) is 32.3 Å². The van der Waals surface area contributed by atoms with Crippen LogP contribution in [-0.2, 0) is 25.4 Å². The third-order valence-corrected chi connectivity index (χ3v) is 8.23. The van der Waals surface area contributed by atoms with Crippen LogP contribution in [0.3, 0.4) is 0 Å². The van der Waals surface area contributed by atoms with Crippen molar-refractivity contribution in [2.75, 3.05) is 14.1 Å². The van der Waals surface area contributed by atoms with Crippen LogP contribution in [0.5, 0.6) is 0 Å². The SMILES string of the molecule is CC1=CC(C2CC(=O)N(C)C2=O)CC2C(=O)N(C)C(=O)C12.Cc1ccc(-c2ccc(C)cc2C(F)(F)F)c(C)c1. The molecule has 0 aromatic heterocycles. The summed E-state index contributed by atoms with van der Waals surface area (Å²) < 4.78 is 39.4. The Labute approximate surface area is 231 Å². The second-order valence-corrected chi connectivity index (χ2v) is 11.1. The van der Waals surface area contributed by atoms with E-state index >= 15 is 0 Å². The van der Waals surface area contributed by atoms with Crippen molar-refractivity contribution in [3.05, 3.63) is 70.3 Å². The van der Waals surface area contributed by atoms with Crippen LogP contribution in [0.4, 0.5) is 13.2 Å². The number of fused-ring (bicyclic) bond motifs is 1. The van der Waals surface area contributed by atoms with Gasteiger partial charge in [0.1, 0.15) is 0 Å². The van der Waals surface area contributed by atoms with Crippen LogP contribution < -0.4 is 0 Å². The number of benzene rings is 2. The standard InChI is InChI=1S/C16H15F3.C15H18N2O4/c1-10-4-6-13(12(3)8-10)14-7-5-11(2)9-15(14)16(17,18)19;1-7-4-8(9-6-11(18)16(2)13(9)19)5-10-12(7)15(21)17(3)14(10)20/h4-9H,1-3H3;4,8-10,12H,5-6H2,1-3H3. The maximum atomic E-state index is 13.1. The molecule has 4 atom stereocenters. The van der Waals surface area contributed by atoms with Gasteiger partial charge >= 0.3 is 6.18 Å². The molecule has 9 heteroatoms. The highest BCUT2D eigenvalue weighted by Gasteiger charge is 2.52. The Hall–Kier alpha value is -3.75. The molecule has 212 valence electrons. The summed E-state index contributed by atoms with van der Waals surface area (Å²) in [4.78, 5) is 50.4. The first-order valence-corrected chi connectivity index (χ1v) is 13.2. The van der Waals surface area contributed by atoms with Gasteiger partial charge in [-0.3, -0.25) is 29.0 Å². The molecular weight excluding hydrogens is 521 g/mol. The minimum Gasteiger partial charge on any atom is -0.285 e. The summed E-state index contributed by atoms with van der Waals surface area (Å²) in [6.07, 6.45) is -1.76. The zero-order chi connectivity index (χ0) is 29.7. The number of imide groups is 2. The molecule has 3 aliphatic rings. The molecule has 0 radical (unpaired) electrons. The van der Waals surface area contributed by atoms with Crippen LogP contribution in [0.1, 0.15) is 42.0 Å². The van der Waals surface area contributed by atoms with Gasteiger partial charge in [0.25, 0.3) is 0 Å². The summed E-state index contributed by atoms with van der Waals surface area (Å²) in [5.74, 6) is -2.00. The van der Waals surface area contributed by atoms with Gasteiger partial charge in [-0.25, -0.2) is 0 Å². The lowest BCUT2D eigenvalue weighted by atomic mass is 9.71. The number of amides is 4. The number of nitrogens with zero attached hydrogens (tertiary/aromatic N) is 2. The first kappa shape index (κ1) is 29.2. The van der Waals surface area contributed by atoms with Gasteiger partial charge in [-0.15, -0.1) is 0 Å². The second-order valence-electron chi connectivity index (χ2n) is 11.1. The average molecular weight is 555 g/mol. The molecule has 0 saturated carbocycles. The molecule has 4 unspecified atom stereocenters. The van der Waals surface area contributed by atoms with Gasteiger partial charge in [0, 0.05) is 20.5 Å². The maximum Gasteiger partial charge on any atom is 0.417 e. The van der Waals surface area contributed by atoms with Crippen molar-refractivity contribution < 1.29 is 32.3 Å². The Morgan fingerprint density at radius 2 is 1.32 bits per heavy atom. The van der Waals surface area contributed by atoms with Crippen molar-refractivity contribution in [1.29, 1.82) is 0 Å². The van der Waals surface area contributed by atoms with E-state index in [0.717, 1.165) is 21.6 Å². The van der Waals surface area contributed by atoms with Crippen LogP contribution in [0, 0.1) is 44.4 Å². The van der Waals surface area contributed by atoms with Crippen LogP contribution in [0.15, 0.2) is 48.0 Å².